The molecule has 1 aliphatic heterocycles. The van der Waals surface area contributed by atoms with Gasteiger partial charge >= 0.3 is 0 Å². The lowest BCUT2D eigenvalue weighted by Gasteiger charge is -2.17. The zero-order valence-electron chi connectivity index (χ0n) is 24.1. The maximum atomic E-state index is 13.2. The largest absolute Gasteiger partial charge is 0.490 e. The van der Waals surface area contributed by atoms with Crippen molar-refractivity contribution in [2.24, 2.45) is 0 Å². The van der Waals surface area contributed by atoms with Gasteiger partial charge in [-0.3, -0.25) is 19.3 Å². The number of benzene rings is 4. The number of carbonyl (C=O) groups is 3. The van der Waals surface area contributed by atoms with Crippen LogP contribution in [0, 0.1) is 6.92 Å². The van der Waals surface area contributed by atoms with Crippen LogP contribution in [0.3, 0.4) is 0 Å². The Kier molecular flexibility index (Phi) is 9.27. The molecule has 218 valence electrons. The number of hydrogen-bond donors (Lipinski definition) is 1. The summed E-state index contributed by atoms with van der Waals surface area (Å²) in [5, 5.41) is 4.50. The van der Waals surface area contributed by atoms with Gasteiger partial charge in [0.25, 0.3) is 11.1 Å². The molecule has 8 heteroatoms. The first-order valence-electron chi connectivity index (χ1n) is 14.0. The summed E-state index contributed by atoms with van der Waals surface area (Å²) in [4.78, 5) is 39.7. The van der Waals surface area contributed by atoms with Crippen LogP contribution >= 0.6 is 11.8 Å². The molecule has 4 aromatic carbocycles. The first-order valence-corrected chi connectivity index (χ1v) is 14.8. The quantitative estimate of drug-likeness (QED) is 0.143. The van der Waals surface area contributed by atoms with Gasteiger partial charge in [0.1, 0.15) is 13.2 Å². The Morgan fingerprint density at radius 2 is 1.77 bits per heavy atom. The average molecular weight is 593 g/mol. The van der Waals surface area contributed by atoms with E-state index < -0.39 is 17.1 Å². The van der Waals surface area contributed by atoms with Gasteiger partial charge in [-0.25, -0.2) is 0 Å². The molecule has 0 aromatic heterocycles. The van der Waals surface area contributed by atoms with Crippen molar-refractivity contribution in [3.05, 3.63) is 119 Å². The van der Waals surface area contributed by atoms with Crippen LogP contribution < -0.4 is 14.8 Å². The first kappa shape index (κ1) is 29.7. The molecule has 5 rings (SSSR count). The maximum Gasteiger partial charge on any atom is 0.294 e. The average Bonchev–Trinajstić information content (AvgIpc) is 3.24. The predicted octanol–water partition coefficient (Wildman–Crippen LogP) is 7.53. The van der Waals surface area contributed by atoms with E-state index in [0.29, 0.717) is 42.4 Å². The van der Waals surface area contributed by atoms with Crippen molar-refractivity contribution < 1.29 is 23.9 Å². The molecule has 0 spiro atoms. The minimum Gasteiger partial charge on any atom is -0.490 e. The van der Waals surface area contributed by atoms with Gasteiger partial charge in [0, 0.05) is 11.3 Å². The zero-order chi connectivity index (χ0) is 30.3. The van der Waals surface area contributed by atoms with Gasteiger partial charge in [-0.1, -0.05) is 60.7 Å². The summed E-state index contributed by atoms with van der Waals surface area (Å²) in [5.41, 5.74) is 4.15. The Bertz CT molecular complexity index is 1740. The van der Waals surface area contributed by atoms with Crippen LogP contribution in [0.5, 0.6) is 11.5 Å². The minimum atomic E-state index is -0.520. The van der Waals surface area contributed by atoms with Crippen LogP contribution in [-0.4, -0.2) is 35.1 Å². The molecule has 0 atom stereocenters. The number of fused-ring (bicyclic) bond motifs is 1. The van der Waals surface area contributed by atoms with E-state index >= 15 is 0 Å². The van der Waals surface area contributed by atoms with E-state index in [0.717, 1.165) is 44.1 Å². The molecule has 3 amide bonds. The Morgan fingerprint density at radius 3 is 2.56 bits per heavy atom. The lowest BCUT2D eigenvalue weighted by Crippen LogP contribution is -2.36. The van der Waals surface area contributed by atoms with E-state index in [9.17, 15) is 14.4 Å². The molecule has 1 saturated heterocycles. The number of hydrogen-bond acceptors (Lipinski definition) is 6. The van der Waals surface area contributed by atoms with Gasteiger partial charge < -0.3 is 14.8 Å². The van der Waals surface area contributed by atoms with E-state index in [1.807, 2.05) is 62.4 Å². The van der Waals surface area contributed by atoms with Gasteiger partial charge in [-0.15, -0.1) is 6.58 Å². The lowest BCUT2D eigenvalue weighted by atomic mass is 10.0. The van der Waals surface area contributed by atoms with E-state index in [-0.39, 0.29) is 11.4 Å². The number of imide groups is 1. The number of allylic oxidation sites excluding steroid dienone is 1. The third-order valence-electron chi connectivity index (χ3n) is 6.85. The second-order valence-electron chi connectivity index (χ2n) is 10.0. The van der Waals surface area contributed by atoms with E-state index in [1.165, 1.54) is 0 Å². The van der Waals surface area contributed by atoms with Crippen LogP contribution in [-0.2, 0) is 22.6 Å². The summed E-state index contributed by atoms with van der Waals surface area (Å²) in [5.74, 6) is 0.167. The van der Waals surface area contributed by atoms with Gasteiger partial charge in [0.15, 0.2) is 11.5 Å². The number of nitrogens with zero attached hydrogens (tertiary/aromatic N) is 1. The lowest BCUT2D eigenvalue weighted by molar-refractivity contribution is -0.127. The first-order chi connectivity index (χ1) is 20.9. The highest BCUT2D eigenvalue weighted by Gasteiger charge is 2.36. The number of aryl methyl sites for hydroxylation is 1. The molecule has 7 nitrogen and oxygen atoms in total. The summed E-state index contributed by atoms with van der Waals surface area (Å²) in [7, 11) is 0. The van der Waals surface area contributed by atoms with Crippen LogP contribution in [0.25, 0.3) is 16.8 Å². The number of ether oxygens (including phenoxy) is 2. The molecule has 0 unspecified atom stereocenters. The normalized spacial score (nSPS) is 13.9. The molecule has 0 saturated carbocycles. The molecule has 1 fully saturated rings. The fourth-order valence-electron chi connectivity index (χ4n) is 4.92. The van der Waals surface area contributed by atoms with Gasteiger partial charge in [-0.2, -0.15) is 0 Å². The zero-order valence-corrected chi connectivity index (χ0v) is 24.9. The van der Waals surface area contributed by atoms with Crippen molar-refractivity contribution in [3.8, 4) is 11.5 Å². The standard InChI is InChI=1S/C35H32N2O5S/c1-4-10-26-18-24(19-30(41-5-2)33(26)42-22-27-14-9-13-25-12-6-7-16-29(25)27)20-31-34(39)37(35(40)43-31)21-32(38)36-28-15-8-11-23(3)17-28/h4,6-9,11-20H,1,5,10,21-22H2,2-3H3,(H,36,38)/b31-20-. The van der Waals surface area contributed by atoms with Gasteiger partial charge in [0.05, 0.1) is 11.5 Å². The number of nitrogens with one attached hydrogen (secondary N) is 1. The molecule has 0 aliphatic carbocycles. The van der Waals surface area contributed by atoms with E-state index in [2.05, 4.69) is 30.1 Å². The number of rotatable bonds is 11. The minimum absolute atomic E-state index is 0.227. The highest BCUT2D eigenvalue weighted by molar-refractivity contribution is 8.18. The van der Waals surface area contributed by atoms with Crippen molar-refractivity contribution in [3.63, 3.8) is 0 Å². The molecule has 1 aliphatic rings. The van der Waals surface area contributed by atoms with E-state index in [4.69, 9.17) is 9.47 Å². The van der Waals surface area contributed by atoms with Gasteiger partial charge in [-0.05, 0) is 89.8 Å². The highest BCUT2D eigenvalue weighted by atomic mass is 32.2. The molecular formula is C35H32N2O5S. The van der Waals surface area contributed by atoms with Gasteiger partial charge in [0.2, 0.25) is 5.91 Å². The fraction of sp³-hybridized carbons (Fsp3) is 0.171. The Morgan fingerprint density at radius 1 is 0.977 bits per heavy atom. The predicted molar refractivity (Wildman–Crippen MR) is 172 cm³/mol. The fourth-order valence-corrected chi connectivity index (χ4v) is 5.76. The van der Waals surface area contributed by atoms with Crippen LogP contribution in [0.15, 0.2) is 96.4 Å². The Hall–Kier alpha value is -4.82. The monoisotopic (exact) mass is 592 g/mol. The molecule has 43 heavy (non-hydrogen) atoms. The third-order valence-corrected chi connectivity index (χ3v) is 7.75. The van der Waals surface area contributed by atoms with E-state index in [1.54, 1.807) is 24.3 Å². The molecule has 4 aromatic rings. The SMILES string of the molecule is C=CCc1cc(/C=C2\SC(=O)N(CC(=O)Nc3cccc(C)c3)C2=O)cc(OCC)c1OCc1cccc2ccccc12. The highest BCUT2D eigenvalue weighted by Crippen LogP contribution is 2.38. The summed E-state index contributed by atoms with van der Waals surface area (Å²) < 4.78 is 12.4. The maximum absolute atomic E-state index is 13.2. The summed E-state index contributed by atoms with van der Waals surface area (Å²) >= 11 is 0.805. The topological polar surface area (TPSA) is 84.9 Å². The molecule has 0 radical (unpaired) electrons. The molecular weight excluding hydrogens is 560 g/mol. The third kappa shape index (κ3) is 6.98. The van der Waals surface area contributed by atoms with Crippen molar-refractivity contribution in [2.45, 2.75) is 26.9 Å². The van der Waals surface area contributed by atoms with Crippen molar-refractivity contribution in [1.82, 2.24) is 4.90 Å². The number of thioether (sulfide) groups is 1. The molecule has 1 N–H and O–H groups in total. The van der Waals surface area contributed by atoms with Crippen molar-refractivity contribution in [1.29, 1.82) is 0 Å². The van der Waals surface area contributed by atoms with Crippen LogP contribution in [0.4, 0.5) is 10.5 Å². The van der Waals surface area contributed by atoms with Crippen LogP contribution in [0.1, 0.15) is 29.2 Å². The van der Waals surface area contributed by atoms with Crippen molar-refractivity contribution >= 4 is 51.4 Å². The smallest absolute Gasteiger partial charge is 0.294 e. The number of amides is 3. The second-order valence-corrected chi connectivity index (χ2v) is 11.0. The molecule has 0 bridgehead atoms. The molecule has 1 heterocycles. The summed E-state index contributed by atoms with van der Waals surface area (Å²) in [6.07, 6.45) is 3.93. The Balaban J connectivity index is 1.37. The van der Waals surface area contributed by atoms with Crippen LogP contribution in [0.2, 0.25) is 0 Å². The Labute approximate surface area is 255 Å². The number of anilines is 1. The summed E-state index contributed by atoms with van der Waals surface area (Å²) in [6, 6.07) is 25.3. The second kappa shape index (κ2) is 13.4. The van der Waals surface area contributed by atoms with Crippen molar-refractivity contribution in [2.75, 3.05) is 18.5 Å². The number of carbonyl (C=O) groups excluding carboxylic acids is 3. The summed E-state index contributed by atoms with van der Waals surface area (Å²) in [6.45, 7) is 8.09.